The first-order valence-electron chi connectivity index (χ1n) is 7.24. The summed E-state index contributed by atoms with van der Waals surface area (Å²) < 4.78 is 5.31. The molecule has 22 heavy (non-hydrogen) atoms. The summed E-state index contributed by atoms with van der Waals surface area (Å²) in [6, 6.07) is 11.2. The first-order valence-corrected chi connectivity index (χ1v) is 7.24. The monoisotopic (exact) mass is 298 g/mol. The molecule has 4 heteroatoms. The molecule has 0 fully saturated rings. The molecule has 2 rings (SSSR count). The van der Waals surface area contributed by atoms with E-state index in [-0.39, 0.29) is 17.5 Å². The summed E-state index contributed by atoms with van der Waals surface area (Å²) in [6.45, 7) is 6.14. The summed E-state index contributed by atoms with van der Waals surface area (Å²) in [7, 11) is 1.59. The summed E-state index contributed by atoms with van der Waals surface area (Å²) in [5.41, 5.74) is 9.49. The number of aromatic hydroxyl groups is 1. The Morgan fingerprint density at radius 3 is 2.36 bits per heavy atom. The van der Waals surface area contributed by atoms with Crippen molar-refractivity contribution in [3.8, 4) is 11.5 Å². The number of phenols is 1. The smallest absolute Gasteiger partial charge is 0.135 e. The highest BCUT2D eigenvalue weighted by Crippen LogP contribution is 2.33. The first-order chi connectivity index (χ1) is 10.4. The number of nitrogens with zero attached hydrogens (tertiary/aromatic N) is 1. The molecule has 0 aromatic heterocycles. The normalized spacial score (nSPS) is 11.8. The van der Waals surface area contributed by atoms with Gasteiger partial charge in [-0.3, -0.25) is 0 Å². The predicted octanol–water partition coefficient (Wildman–Crippen LogP) is 3.87. The maximum absolute atomic E-state index is 10.2. The second-order valence-corrected chi connectivity index (χ2v) is 5.60. The molecule has 0 bridgehead atoms. The van der Waals surface area contributed by atoms with Gasteiger partial charge in [0.2, 0.25) is 0 Å². The van der Waals surface area contributed by atoms with Gasteiger partial charge in [-0.15, -0.1) is 0 Å². The molecule has 0 radical (unpaired) electrons. The van der Waals surface area contributed by atoms with Crippen LogP contribution in [-0.4, -0.2) is 18.1 Å². The number of hydrogen-bond acceptors (Lipinski definition) is 3. The molecule has 0 heterocycles. The van der Waals surface area contributed by atoms with Crippen LogP contribution in [0.25, 0.3) is 0 Å². The lowest BCUT2D eigenvalue weighted by Gasteiger charge is -2.15. The molecule has 0 amide bonds. The SMILES string of the molecule is COc1cc(O)c(C(N)=Nc2ccc(C)cc2)cc1C(C)C. The van der Waals surface area contributed by atoms with E-state index < -0.39 is 0 Å². The molecule has 0 saturated carbocycles. The Morgan fingerprint density at radius 1 is 1.18 bits per heavy atom. The van der Waals surface area contributed by atoms with Gasteiger partial charge < -0.3 is 15.6 Å². The molecule has 0 aliphatic carbocycles. The van der Waals surface area contributed by atoms with Crippen molar-refractivity contribution in [2.75, 3.05) is 7.11 Å². The van der Waals surface area contributed by atoms with Gasteiger partial charge in [0.25, 0.3) is 0 Å². The largest absolute Gasteiger partial charge is 0.507 e. The maximum Gasteiger partial charge on any atom is 0.135 e. The fourth-order valence-electron chi connectivity index (χ4n) is 2.24. The molecule has 3 N–H and O–H groups in total. The van der Waals surface area contributed by atoms with Crippen molar-refractivity contribution in [2.24, 2.45) is 10.7 Å². The van der Waals surface area contributed by atoms with Gasteiger partial charge in [-0.2, -0.15) is 0 Å². The average molecular weight is 298 g/mol. The van der Waals surface area contributed by atoms with Gasteiger partial charge in [-0.05, 0) is 36.6 Å². The van der Waals surface area contributed by atoms with Crippen molar-refractivity contribution in [3.05, 3.63) is 53.1 Å². The molecule has 2 aromatic rings. The van der Waals surface area contributed by atoms with E-state index in [2.05, 4.69) is 18.8 Å². The van der Waals surface area contributed by atoms with E-state index in [0.29, 0.717) is 11.3 Å². The lowest BCUT2D eigenvalue weighted by Crippen LogP contribution is -2.14. The summed E-state index contributed by atoms with van der Waals surface area (Å²) >= 11 is 0. The van der Waals surface area contributed by atoms with Crippen molar-refractivity contribution in [1.29, 1.82) is 0 Å². The molecule has 0 unspecified atom stereocenters. The molecule has 4 nitrogen and oxygen atoms in total. The molecule has 0 atom stereocenters. The van der Waals surface area contributed by atoms with E-state index in [1.54, 1.807) is 13.2 Å². The molecule has 0 spiro atoms. The second kappa shape index (κ2) is 6.52. The molecule has 0 aliphatic heterocycles. The van der Waals surface area contributed by atoms with Gasteiger partial charge in [-0.1, -0.05) is 31.5 Å². The molecular formula is C18H22N2O2. The van der Waals surface area contributed by atoms with Crippen molar-refractivity contribution < 1.29 is 9.84 Å². The Morgan fingerprint density at radius 2 is 1.82 bits per heavy atom. The molecule has 0 aliphatic rings. The fraction of sp³-hybridized carbons (Fsp3) is 0.278. The predicted molar refractivity (Wildman–Crippen MR) is 90.3 cm³/mol. The Labute approximate surface area is 131 Å². The number of amidine groups is 1. The highest BCUT2D eigenvalue weighted by atomic mass is 16.5. The third-order valence-corrected chi connectivity index (χ3v) is 3.53. The number of rotatable bonds is 4. The van der Waals surface area contributed by atoms with Crippen molar-refractivity contribution in [3.63, 3.8) is 0 Å². The maximum atomic E-state index is 10.2. The van der Waals surface area contributed by atoms with Crippen LogP contribution < -0.4 is 10.5 Å². The van der Waals surface area contributed by atoms with E-state index in [9.17, 15) is 5.11 Å². The van der Waals surface area contributed by atoms with E-state index >= 15 is 0 Å². The van der Waals surface area contributed by atoms with E-state index in [4.69, 9.17) is 10.5 Å². The molecule has 0 saturated heterocycles. The van der Waals surface area contributed by atoms with Crippen LogP contribution in [0.5, 0.6) is 11.5 Å². The van der Waals surface area contributed by atoms with Crippen molar-refractivity contribution >= 4 is 11.5 Å². The Bertz CT molecular complexity index is 689. The number of nitrogens with two attached hydrogens (primary N) is 1. The third kappa shape index (κ3) is 3.39. The van der Waals surface area contributed by atoms with Crippen LogP contribution in [0.4, 0.5) is 5.69 Å². The topological polar surface area (TPSA) is 67.8 Å². The Hall–Kier alpha value is -2.49. The van der Waals surface area contributed by atoms with Crippen LogP contribution in [0.2, 0.25) is 0 Å². The lowest BCUT2D eigenvalue weighted by atomic mass is 9.98. The fourth-order valence-corrected chi connectivity index (χ4v) is 2.24. The summed E-state index contributed by atoms with van der Waals surface area (Å²) in [6.07, 6.45) is 0. The van der Waals surface area contributed by atoms with Crippen LogP contribution in [0.1, 0.15) is 36.5 Å². The second-order valence-electron chi connectivity index (χ2n) is 5.60. The minimum atomic E-state index is 0.0645. The molecule has 116 valence electrons. The summed E-state index contributed by atoms with van der Waals surface area (Å²) in [4.78, 5) is 4.38. The summed E-state index contributed by atoms with van der Waals surface area (Å²) in [5, 5.41) is 10.2. The zero-order chi connectivity index (χ0) is 16.3. The third-order valence-electron chi connectivity index (χ3n) is 3.53. The van der Waals surface area contributed by atoms with Gasteiger partial charge in [0.1, 0.15) is 17.3 Å². The standard InChI is InChI=1S/C18H22N2O2/c1-11(2)14-9-15(16(21)10-17(14)22-4)18(19)20-13-7-5-12(3)6-8-13/h5-11,21H,1-4H3,(H2,19,20). The number of ether oxygens (including phenoxy) is 1. The van der Waals surface area contributed by atoms with Crippen LogP contribution in [-0.2, 0) is 0 Å². The van der Waals surface area contributed by atoms with Crippen LogP contribution in [0, 0.1) is 6.92 Å². The number of aryl methyl sites for hydroxylation is 1. The number of benzene rings is 2. The van der Waals surface area contributed by atoms with Gasteiger partial charge in [0.05, 0.1) is 18.4 Å². The number of aliphatic imine (C=N–C) groups is 1. The average Bonchev–Trinajstić information content (AvgIpc) is 2.48. The van der Waals surface area contributed by atoms with Gasteiger partial charge in [0, 0.05) is 6.07 Å². The first kappa shape index (κ1) is 15.9. The van der Waals surface area contributed by atoms with Crippen molar-refractivity contribution in [2.45, 2.75) is 26.7 Å². The highest BCUT2D eigenvalue weighted by molar-refractivity contribution is 6.01. The van der Waals surface area contributed by atoms with Crippen molar-refractivity contribution in [1.82, 2.24) is 0 Å². The van der Waals surface area contributed by atoms with Gasteiger partial charge in [0.15, 0.2) is 0 Å². The van der Waals surface area contributed by atoms with Crippen LogP contribution >= 0.6 is 0 Å². The van der Waals surface area contributed by atoms with E-state index in [1.165, 1.54) is 0 Å². The highest BCUT2D eigenvalue weighted by Gasteiger charge is 2.15. The molecule has 2 aromatic carbocycles. The molecular weight excluding hydrogens is 276 g/mol. The number of hydrogen-bond donors (Lipinski definition) is 2. The van der Waals surface area contributed by atoms with Gasteiger partial charge >= 0.3 is 0 Å². The minimum Gasteiger partial charge on any atom is -0.507 e. The van der Waals surface area contributed by atoms with E-state index in [1.807, 2.05) is 37.3 Å². The van der Waals surface area contributed by atoms with E-state index in [0.717, 1.165) is 16.8 Å². The Kier molecular flexibility index (Phi) is 4.71. The van der Waals surface area contributed by atoms with Gasteiger partial charge in [-0.25, -0.2) is 4.99 Å². The zero-order valence-electron chi connectivity index (χ0n) is 13.4. The van der Waals surface area contributed by atoms with Crippen LogP contribution in [0.3, 0.4) is 0 Å². The van der Waals surface area contributed by atoms with Crippen LogP contribution in [0.15, 0.2) is 41.4 Å². The quantitative estimate of drug-likeness (QED) is 0.665. The summed E-state index contributed by atoms with van der Waals surface area (Å²) in [5.74, 6) is 1.25. The minimum absolute atomic E-state index is 0.0645. The Balaban J connectivity index is 2.46. The number of methoxy groups -OCH3 is 1. The number of phenolic OH excluding ortho intramolecular Hbond substituents is 1. The lowest BCUT2D eigenvalue weighted by molar-refractivity contribution is 0.400. The zero-order valence-corrected chi connectivity index (χ0v) is 13.4.